The average Bonchev–Trinajstić information content (AvgIpc) is 2.96. The highest BCUT2D eigenvalue weighted by Gasteiger charge is 2.49. The molecular formula is C20H22ClN3O5. The lowest BCUT2D eigenvalue weighted by molar-refractivity contribution is -0.148. The van der Waals surface area contributed by atoms with Crippen molar-refractivity contribution in [3.63, 3.8) is 0 Å². The summed E-state index contributed by atoms with van der Waals surface area (Å²) < 4.78 is 10.4. The van der Waals surface area contributed by atoms with Gasteiger partial charge in [-0.15, -0.1) is 0 Å². The summed E-state index contributed by atoms with van der Waals surface area (Å²) in [6.45, 7) is 3.05. The standard InChI is InChI=1S/C20H22ClN3O5/c1-4-20(5-2)18(26)24(19(27)23-20)10-16(25)29-11-13-8-12-6-7-14(28-3)9-15(12)22-17(13)21/h6-9H,4-5,10-11H2,1-3H3,(H,23,27). The summed E-state index contributed by atoms with van der Waals surface area (Å²) >= 11 is 6.20. The molecule has 0 aliphatic carbocycles. The fraction of sp³-hybridized carbons (Fsp3) is 0.400. The zero-order valence-corrected chi connectivity index (χ0v) is 17.2. The molecule has 2 heterocycles. The largest absolute Gasteiger partial charge is 0.497 e. The third-order valence-electron chi connectivity index (χ3n) is 5.18. The van der Waals surface area contributed by atoms with E-state index in [9.17, 15) is 14.4 Å². The summed E-state index contributed by atoms with van der Waals surface area (Å²) in [6.07, 6.45) is 0.894. The second-order valence-electron chi connectivity index (χ2n) is 6.77. The van der Waals surface area contributed by atoms with Gasteiger partial charge in [-0.05, 0) is 31.0 Å². The molecule has 154 valence electrons. The molecule has 1 aromatic carbocycles. The molecule has 1 fully saturated rings. The fourth-order valence-corrected chi connectivity index (χ4v) is 3.48. The van der Waals surface area contributed by atoms with Crippen LogP contribution in [0.25, 0.3) is 10.9 Å². The molecule has 0 spiro atoms. The summed E-state index contributed by atoms with van der Waals surface area (Å²) in [5.41, 5.74) is 0.217. The number of imide groups is 1. The van der Waals surface area contributed by atoms with Crippen molar-refractivity contribution in [2.24, 2.45) is 0 Å². The molecule has 8 nitrogen and oxygen atoms in total. The lowest BCUT2D eigenvalue weighted by Crippen LogP contribution is -2.46. The maximum absolute atomic E-state index is 12.6. The van der Waals surface area contributed by atoms with Gasteiger partial charge in [0.05, 0.1) is 12.6 Å². The highest BCUT2D eigenvalue weighted by molar-refractivity contribution is 6.30. The molecule has 0 unspecified atom stereocenters. The topological polar surface area (TPSA) is 97.8 Å². The lowest BCUT2D eigenvalue weighted by atomic mass is 9.93. The van der Waals surface area contributed by atoms with Crippen molar-refractivity contribution in [2.45, 2.75) is 38.8 Å². The van der Waals surface area contributed by atoms with Crippen molar-refractivity contribution in [2.75, 3.05) is 13.7 Å². The molecule has 3 rings (SSSR count). The van der Waals surface area contributed by atoms with Crippen LogP contribution in [0.5, 0.6) is 5.75 Å². The minimum atomic E-state index is -0.954. The number of rotatable bonds is 7. The van der Waals surface area contributed by atoms with Gasteiger partial charge in [0.25, 0.3) is 5.91 Å². The number of urea groups is 1. The van der Waals surface area contributed by atoms with Gasteiger partial charge in [0, 0.05) is 17.0 Å². The van der Waals surface area contributed by atoms with Gasteiger partial charge in [-0.2, -0.15) is 0 Å². The number of nitrogens with one attached hydrogen (secondary N) is 1. The Morgan fingerprint density at radius 2 is 1.97 bits per heavy atom. The van der Waals surface area contributed by atoms with Crippen molar-refractivity contribution >= 4 is 40.4 Å². The summed E-state index contributed by atoms with van der Waals surface area (Å²) in [6, 6.07) is 6.55. The monoisotopic (exact) mass is 419 g/mol. The Morgan fingerprint density at radius 1 is 1.24 bits per heavy atom. The van der Waals surface area contributed by atoms with Gasteiger partial charge >= 0.3 is 12.0 Å². The summed E-state index contributed by atoms with van der Waals surface area (Å²) in [5.74, 6) is -0.463. The number of methoxy groups -OCH3 is 1. The zero-order valence-electron chi connectivity index (χ0n) is 16.5. The second-order valence-corrected chi connectivity index (χ2v) is 7.13. The number of fused-ring (bicyclic) bond motifs is 1. The molecule has 0 radical (unpaired) electrons. The molecule has 0 bridgehead atoms. The van der Waals surface area contributed by atoms with E-state index in [4.69, 9.17) is 21.1 Å². The molecule has 1 saturated heterocycles. The van der Waals surface area contributed by atoms with Crippen molar-refractivity contribution in [3.05, 3.63) is 35.0 Å². The number of carbonyl (C=O) groups excluding carboxylic acids is 3. The third-order valence-corrected chi connectivity index (χ3v) is 5.51. The van der Waals surface area contributed by atoms with Gasteiger partial charge < -0.3 is 14.8 Å². The Morgan fingerprint density at radius 3 is 2.59 bits per heavy atom. The third kappa shape index (κ3) is 3.98. The summed E-state index contributed by atoms with van der Waals surface area (Å²) in [4.78, 5) is 42.1. The van der Waals surface area contributed by atoms with E-state index in [2.05, 4.69) is 10.3 Å². The molecule has 29 heavy (non-hydrogen) atoms. The smallest absolute Gasteiger partial charge is 0.326 e. The first-order valence-corrected chi connectivity index (χ1v) is 9.64. The first kappa shape index (κ1) is 20.9. The van der Waals surface area contributed by atoms with Crippen molar-refractivity contribution in [1.82, 2.24) is 15.2 Å². The number of aromatic nitrogens is 1. The molecule has 1 aliphatic heterocycles. The molecule has 3 amide bonds. The number of pyridine rings is 1. The molecule has 1 aliphatic rings. The molecular weight excluding hydrogens is 398 g/mol. The van der Waals surface area contributed by atoms with Crippen molar-refractivity contribution in [3.8, 4) is 5.75 Å². The van der Waals surface area contributed by atoms with Gasteiger partial charge in [-0.25, -0.2) is 9.78 Å². The van der Waals surface area contributed by atoms with Crippen molar-refractivity contribution in [1.29, 1.82) is 0 Å². The number of ether oxygens (including phenoxy) is 2. The molecule has 2 aromatic rings. The Kier molecular flexibility index (Phi) is 5.93. The fourth-order valence-electron chi connectivity index (χ4n) is 3.28. The Hall–Kier alpha value is -2.87. The highest BCUT2D eigenvalue weighted by atomic mass is 35.5. The molecule has 9 heteroatoms. The Balaban J connectivity index is 1.67. The summed E-state index contributed by atoms with van der Waals surface area (Å²) in [7, 11) is 1.56. The van der Waals surface area contributed by atoms with E-state index in [0.717, 1.165) is 10.3 Å². The number of hydrogen-bond donors (Lipinski definition) is 1. The number of hydrogen-bond acceptors (Lipinski definition) is 6. The van der Waals surface area contributed by atoms with E-state index in [1.165, 1.54) is 0 Å². The van der Waals surface area contributed by atoms with Gasteiger partial charge in [0.15, 0.2) is 0 Å². The van der Waals surface area contributed by atoms with Gasteiger partial charge in [-0.3, -0.25) is 14.5 Å². The predicted molar refractivity (Wildman–Crippen MR) is 107 cm³/mol. The van der Waals surface area contributed by atoms with Crippen LogP contribution < -0.4 is 10.1 Å². The normalized spacial score (nSPS) is 15.5. The second kappa shape index (κ2) is 8.24. The number of benzene rings is 1. The van der Waals surface area contributed by atoms with Gasteiger partial charge in [0.1, 0.15) is 29.6 Å². The molecule has 0 saturated carbocycles. The van der Waals surface area contributed by atoms with E-state index in [-0.39, 0.29) is 11.8 Å². The van der Waals surface area contributed by atoms with Crippen molar-refractivity contribution < 1.29 is 23.9 Å². The number of esters is 1. The van der Waals surface area contributed by atoms with Crippen LogP contribution in [0.3, 0.4) is 0 Å². The first-order chi connectivity index (χ1) is 13.8. The zero-order chi connectivity index (χ0) is 21.2. The van der Waals surface area contributed by atoms with Crippen LogP contribution in [0.4, 0.5) is 4.79 Å². The quantitative estimate of drug-likeness (QED) is 0.421. The average molecular weight is 420 g/mol. The number of amides is 3. The van der Waals surface area contributed by atoms with Crippen LogP contribution in [0.1, 0.15) is 32.3 Å². The SMILES string of the molecule is CCC1(CC)NC(=O)N(CC(=O)OCc2cc3ccc(OC)cc3nc2Cl)C1=O. The van der Waals surface area contributed by atoms with E-state index in [1.54, 1.807) is 25.3 Å². The maximum Gasteiger partial charge on any atom is 0.326 e. The minimum Gasteiger partial charge on any atom is -0.497 e. The maximum atomic E-state index is 12.6. The van der Waals surface area contributed by atoms with Crippen LogP contribution in [0, 0.1) is 0 Å². The van der Waals surface area contributed by atoms with Crippen LogP contribution in [0.2, 0.25) is 5.15 Å². The Labute approximate surface area is 173 Å². The van der Waals surface area contributed by atoms with E-state index >= 15 is 0 Å². The summed E-state index contributed by atoms with van der Waals surface area (Å²) in [5, 5.41) is 3.68. The Bertz CT molecular complexity index is 974. The molecule has 1 aromatic heterocycles. The minimum absolute atomic E-state index is 0.122. The van der Waals surface area contributed by atoms with Crippen LogP contribution in [-0.4, -0.2) is 47.0 Å². The number of halogens is 1. The van der Waals surface area contributed by atoms with Gasteiger partial charge in [-0.1, -0.05) is 25.4 Å². The highest BCUT2D eigenvalue weighted by Crippen LogP contribution is 2.26. The van der Waals surface area contributed by atoms with E-state index in [1.807, 2.05) is 19.9 Å². The molecule has 1 N–H and O–H groups in total. The first-order valence-electron chi connectivity index (χ1n) is 9.26. The number of carbonyl (C=O) groups is 3. The molecule has 0 atom stereocenters. The van der Waals surface area contributed by atoms with Crippen LogP contribution in [-0.2, 0) is 20.9 Å². The van der Waals surface area contributed by atoms with Gasteiger partial charge in [0.2, 0.25) is 0 Å². The lowest BCUT2D eigenvalue weighted by Gasteiger charge is -2.22. The van der Waals surface area contributed by atoms with Crippen LogP contribution >= 0.6 is 11.6 Å². The predicted octanol–water partition coefficient (Wildman–Crippen LogP) is 3.05. The van der Waals surface area contributed by atoms with Crippen LogP contribution in [0.15, 0.2) is 24.3 Å². The number of nitrogens with zero attached hydrogens (tertiary/aromatic N) is 2. The van der Waals surface area contributed by atoms with E-state index in [0.29, 0.717) is 29.7 Å². The van der Waals surface area contributed by atoms with E-state index < -0.39 is 30.0 Å².